The van der Waals surface area contributed by atoms with E-state index in [1.54, 1.807) is 30.2 Å². The van der Waals surface area contributed by atoms with Crippen LogP contribution < -0.4 is 14.8 Å². The number of nitrogens with zero attached hydrogens (tertiary/aromatic N) is 2. The minimum atomic E-state index is -0.821. The van der Waals surface area contributed by atoms with Gasteiger partial charge in [-0.05, 0) is 25.0 Å². The van der Waals surface area contributed by atoms with Gasteiger partial charge in [0.2, 0.25) is 11.8 Å². The number of nitrogens with one attached hydrogen (secondary N) is 1. The number of ether oxygens (including phenoxy) is 3. The second kappa shape index (κ2) is 8.74. The molecular formula is C22H29N3O6. The third-order valence-corrected chi connectivity index (χ3v) is 6.61. The zero-order valence-corrected chi connectivity index (χ0v) is 18.0. The number of morpholine rings is 1. The molecule has 4 rings (SSSR count). The van der Waals surface area contributed by atoms with Crippen molar-refractivity contribution in [3.8, 4) is 11.5 Å². The maximum atomic E-state index is 13.7. The summed E-state index contributed by atoms with van der Waals surface area (Å²) in [5, 5.41) is 3.02. The van der Waals surface area contributed by atoms with Crippen LogP contribution in [0.4, 0.5) is 0 Å². The summed E-state index contributed by atoms with van der Waals surface area (Å²) in [6, 6.07) is 4.81. The molecule has 0 unspecified atom stereocenters. The lowest BCUT2D eigenvalue weighted by Gasteiger charge is -2.51. The molecule has 3 amide bonds. The van der Waals surface area contributed by atoms with E-state index in [1.807, 2.05) is 4.90 Å². The minimum Gasteiger partial charge on any atom is -0.497 e. The molecule has 1 aromatic rings. The molecule has 3 aliphatic heterocycles. The van der Waals surface area contributed by atoms with Gasteiger partial charge in [0.15, 0.2) is 0 Å². The van der Waals surface area contributed by atoms with Crippen LogP contribution in [0.1, 0.15) is 29.6 Å². The fourth-order valence-electron chi connectivity index (χ4n) is 4.88. The third-order valence-electron chi connectivity index (χ3n) is 6.61. The summed E-state index contributed by atoms with van der Waals surface area (Å²) < 4.78 is 16.0. The largest absolute Gasteiger partial charge is 0.497 e. The van der Waals surface area contributed by atoms with Crippen molar-refractivity contribution >= 4 is 17.7 Å². The van der Waals surface area contributed by atoms with E-state index < -0.39 is 5.41 Å². The Kier molecular flexibility index (Phi) is 6.04. The van der Waals surface area contributed by atoms with Crippen molar-refractivity contribution in [3.63, 3.8) is 0 Å². The van der Waals surface area contributed by atoms with Crippen LogP contribution in [0.3, 0.4) is 0 Å². The highest BCUT2D eigenvalue weighted by Gasteiger charge is 2.54. The molecule has 0 spiro atoms. The molecule has 0 radical (unpaired) electrons. The van der Waals surface area contributed by atoms with Crippen LogP contribution in [-0.2, 0) is 14.3 Å². The number of methoxy groups -OCH3 is 2. The van der Waals surface area contributed by atoms with Gasteiger partial charge in [0.1, 0.15) is 11.5 Å². The Morgan fingerprint density at radius 3 is 2.61 bits per heavy atom. The van der Waals surface area contributed by atoms with Gasteiger partial charge in [-0.1, -0.05) is 0 Å². The fraction of sp³-hybridized carbons (Fsp3) is 0.591. The quantitative estimate of drug-likeness (QED) is 0.753. The normalized spacial score (nSPS) is 26.0. The molecule has 0 aromatic heterocycles. The molecule has 3 saturated heterocycles. The van der Waals surface area contributed by atoms with Crippen molar-refractivity contribution in [3.05, 3.63) is 23.8 Å². The van der Waals surface area contributed by atoms with E-state index in [0.717, 1.165) is 0 Å². The summed E-state index contributed by atoms with van der Waals surface area (Å²) in [7, 11) is 3.07. The molecule has 9 nitrogen and oxygen atoms in total. The van der Waals surface area contributed by atoms with Crippen molar-refractivity contribution in [1.82, 2.24) is 15.1 Å². The van der Waals surface area contributed by atoms with Gasteiger partial charge in [-0.3, -0.25) is 14.4 Å². The zero-order chi connectivity index (χ0) is 22.0. The summed E-state index contributed by atoms with van der Waals surface area (Å²) in [5.74, 6) is 0.800. The maximum absolute atomic E-state index is 13.7. The number of fused-ring (bicyclic) bond motifs is 1. The summed E-state index contributed by atoms with van der Waals surface area (Å²) in [6.07, 6.45) is 1.25. The second-order valence-electron chi connectivity index (χ2n) is 8.26. The molecule has 31 heavy (non-hydrogen) atoms. The van der Waals surface area contributed by atoms with Gasteiger partial charge in [0, 0.05) is 44.7 Å². The summed E-state index contributed by atoms with van der Waals surface area (Å²) >= 11 is 0. The van der Waals surface area contributed by atoms with E-state index in [-0.39, 0.29) is 36.7 Å². The lowest BCUT2D eigenvalue weighted by atomic mass is 9.68. The molecule has 0 bridgehead atoms. The molecule has 3 aliphatic rings. The Balaban J connectivity index is 1.62. The number of likely N-dealkylation sites (tertiary alicyclic amines) is 1. The average molecular weight is 431 g/mol. The highest BCUT2D eigenvalue weighted by atomic mass is 16.5. The van der Waals surface area contributed by atoms with Gasteiger partial charge < -0.3 is 29.3 Å². The number of amides is 3. The zero-order valence-electron chi connectivity index (χ0n) is 18.0. The predicted octanol–water partition coefficient (Wildman–Crippen LogP) is 0.674. The average Bonchev–Trinajstić information content (AvgIpc) is 2.82. The highest BCUT2D eigenvalue weighted by Crippen LogP contribution is 2.40. The Bertz CT molecular complexity index is 869. The third kappa shape index (κ3) is 3.94. The van der Waals surface area contributed by atoms with Gasteiger partial charge in [-0.15, -0.1) is 0 Å². The van der Waals surface area contributed by atoms with Crippen molar-refractivity contribution in [2.24, 2.45) is 5.41 Å². The van der Waals surface area contributed by atoms with E-state index in [2.05, 4.69) is 5.32 Å². The molecule has 3 fully saturated rings. The van der Waals surface area contributed by atoms with Gasteiger partial charge in [0.25, 0.3) is 5.91 Å². The monoisotopic (exact) mass is 431 g/mol. The predicted molar refractivity (Wildman–Crippen MR) is 111 cm³/mol. The van der Waals surface area contributed by atoms with Crippen LogP contribution >= 0.6 is 0 Å². The summed E-state index contributed by atoms with van der Waals surface area (Å²) in [5.41, 5.74) is -0.394. The molecule has 2 atom stereocenters. The van der Waals surface area contributed by atoms with E-state index >= 15 is 0 Å². The molecule has 9 heteroatoms. The second-order valence-corrected chi connectivity index (χ2v) is 8.26. The van der Waals surface area contributed by atoms with E-state index in [4.69, 9.17) is 14.2 Å². The standard InChI is InChI=1S/C22H29N3O6/c1-29-15-3-4-16(17(13-15)30-2)20(27)25-8-6-18-22(14-25,7-5-19(26)23-18)21(28)24-9-11-31-12-10-24/h3-4,13,18H,5-12,14H2,1-2H3,(H,23,26)/t18-,22+/m1/s1. The van der Waals surface area contributed by atoms with Crippen molar-refractivity contribution in [1.29, 1.82) is 0 Å². The van der Waals surface area contributed by atoms with Crippen molar-refractivity contribution < 1.29 is 28.6 Å². The highest BCUT2D eigenvalue weighted by molar-refractivity contribution is 5.98. The molecular weight excluding hydrogens is 402 g/mol. The minimum absolute atomic E-state index is 0.00000379. The van der Waals surface area contributed by atoms with Crippen LogP contribution in [0.5, 0.6) is 11.5 Å². The first kappa shape index (κ1) is 21.4. The SMILES string of the molecule is COc1ccc(C(=O)N2CC[C@H]3NC(=O)CC[C@]3(C(=O)N3CCOCC3)C2)c(OC)c1. The lowest BCUT2D eigenvalue weighted by molar-refractivity contribution is -0.155. The smallest absolute Gasteiger partial charge is 0.257 e. The molecule has 1 N–H and O–H groups in total. The number of hydrogen-bond donors (Lipinski definition) is 1. The van der Waals surface area contributed by atoms with Gasteiger partial charge in [-0.25, -0.2) is 0 Å². The Morgan fingerprint density at radius 1 is 1.13 bits per heavy atom. The first-order valence-corrected chi connectivity index (χ1v) is 10.7. The molecule has 0 aliphatic carbocycles. The fourth-order valence-corrected chi connectivity index (χ4v) is 4.88. The Labute approximate surface area is 181 Å². The number of hydrogen-bond acceptors (Lipinski definition) is 6. The summed E-state index contributed by atoms with van der Waals surface area (Å²) in [6.45, 7) is 2.79. The molecule has 168 valence electrons. The molecule has 3 heterocycles. The Morgan fingerprint density at radius 2 is 1.90 bits per heavy atom. The maximum Gasteiger partial charge on any atom is 0.257 e. The van der Waals surface area contributed by atoms with Gasteiger partial charge in [0.05, 0.1) is 38.4 Å². The van der Waals surface area contributed by atoms with E-state index in [0.29, 0.717) is 62.8 Å². The summed E-state index contributed by atoms with van der Waals surface area (Å²) in [4.78, 5) is 42.7. The topological polar surface area (TPSA) is 97.4 Å². The van der Waals surface area contributed by atoms with Crippen LogP contribution in [0, 0.1) is 5.41 Å². The van der Waals surface area contributed by atoms with Crippen molar-refractivity contribution in [2.45, 2.75) is 25.3 Å². The number of carbonyl (C=O) groups excluding carboxylic acids is 3. The number of benzene rings is 1. The van der Waals surface area contributed by atoms with Crippen LogP contribution in [0.15, 0.2) is 18.2 Å². The number of rotatable bonds is 4. The van der Waals surface area contributed by atoms with Crippen molar-refractivity contribution in [2.75, 3.05) is 53.6 Å². The molecule has 0 saturated carbocycles. The van der Waals surface area contributed by atoms with E-state index in [9.17, 15) is 14.4 Å². The lowest BCUT2D eigenvalue weighted by Crippen LogP contribution is -2.67. The number of carbonyl (C=O) groups is 3. The first-order valence-electron chi connectivity index (χ1n) is 10.7. The van der Waals surface area contributed by atoms with Gasteiger partial charge >= 0.3 is 0 Å². The van der Waals surface area contributed by atoms with Gasteiger partial charge in [-0.2, -0.15) is 0 Å². The molecule has 1 aromatic carbocycles. The van der Waals surface area contributed by atoms with Crippen LogP contribution in [0.2, 0.25) is 0 Å². The van der Waals surface area contributed by atoms with Crippen LogP contribution in [-0.4, -0.2) is 87.2 Å². The first-order chi connectivity index (χ1) is 15.0. The Hall–Kier alpha value is -2.81. The van der Waals surface area contributed by atoms with Crippen LogP contribution in [0.25, 0.3) is 0 Å². The van der Waals surface area contributed by atoms with E-state index in [1.165, 1.54) is 7.11 Å². The number of piperidine rings is 2.